The number of nitrogens with zero attached hydrogens (tertiary/aromatic N) is 1. The number of aliphatic hydroxyl groups excluding tert-OH is 1. The van der Waals surface area contributed by atoms with E-state index in [4.69, 9.17) is 31.9 Å². The molecular weight excluding hydrogens is 877 g/mol. The number of ether oxygens (including phenoxy) is 5. The highest BCUT2D eigenvalue weighted by molar-refractivity contribution is 6.67. The molecule has 20 nitrogen and oxygen atoms in total. The minimum absolute atomic E-state index is 0. The number of carbonyl (C=O) groups is 5. The number of alkyl carbamates (subject to hydrolysis) is 1. The van der Waals surface area contributed by atoms with Gasteiger partial charge in [-0.05, 0) is 92.4 Å². The number of hydrogen-bond donors (Lipinski definition) is 2. The van der Waals surface area contributed by atoms with Crippen LogP contribution in [0.5, 0.6) is 0 Å². The lowest BCUT2D eigenvalue weighted by molar-refractivity contribution is -0.149. The van der Waals surface area contributed by atoms with Crippen molar-refractivity contribution >= 4 is 53.2 Å². The Morgan fingerprint density at radius 1 is 0.594 bits per heavy atom. The Hall–Kier alpha value is -4.36. The summed E-state index contributed by atoms with van der Waals surface area (Å²) in [5, 5.41) is 11.9. The molecule has 1 amide bonds. The summed E-state index contributed by atoms with van der Waals surface area (Å²) in [6.45, 7) is 34.1. The van der Waals surface area contributed by atoms with Crippen molar-refractivity contribution in [3.63, 3.8) is 0 Å². The zero-order chi connectivity index (χ0) is 48.1. The van der Waals surface area contributed by atoms with Crippen LogP contribution in [0.15, 0.2) is 53.6 Å². The standard InChI is InChI=1S/C21H37NO8Si.C11H16O5.C10H21NO3Si.2H2O/c1-8-28-31(10-3,29-9-2)13-11-12-22-21(25)30-18(14-26-19(23)16(4)5)15-27-20(24)17(6)7;1-7(2)10(13)15-5-9(12)6-16-11(14)8(3)4;1-4-13-15(6-3,14-5-2)9-7-8-11-10-12;;/h18H,4,6,8-15H2,1-3,5,7H3,(H,22,25);9,12H,1,3,5-6H2,2,4H3;4-9H2,1-3H3;2*1H2. The molecule has 0 aromatic carbocycles. The molecule has 0 spiro atoms. The van der Waals surface area contributed by atoms with Crippen LogP contribution in [0.1, 0.15) is 82.1 Å². The smallest absolute Gasteiger partial charge is 0.407 e. The van der Waals surface area contributed by atoms with Gasteiger partial charge < -0.3 is 62.8 Å². The van der Waals surface area contributed by atoms with E-state index in [9.17, 15) is 33.9 Å². The predicted octanol–water partition coefficient (Wildman–Crippen LogP) is 4.43. The highest BCUT2D eigenvalue weighted by atomic mass is 28.4. The number of aliphatic imine (C=N–C) groups is 1. The van der Waals surface area contributed by atoms with E-state index in [0.717, 1.165) is 30.6 Å². The lowest BCUT2D eigenvalue weighted by Gasteiger charge is -2.29. The van der Waals surface area contributed by atoms with Crippen LogP contribution < -0.4 is 5.32 Å². The fraction of sp³-hybridized carbons (Fsp3) is 0.667. The number of aliphatic hydroxyl groups is 1. The van der Waals surface area contributed by atoms with Gasteiger partial charge in [-0.3, -0.25) is 0 Å². The van der Waals surface area contributed by atoms with Crippen LogP contribution >= 0.6 is 0 Å². The van der Waals surface area contributed by atoms with Gasteiger partial charge in [0, 0.05) is 55.3 Å². The molecule has 0 saturated heterocycles. The summed E-state index contributed by atoms with van der Waals surface area (Å²) in [5.74, 6) is -2.45. The zero-order valence-electron chi connectivity index (χ0n) is 39.8. The Morgan fingerprint density at radius 2 is 0.922 bits per heavy atom. The molecule has 0 heterocycles. The molecule has 0 aromatic rings. The van der Waals surface area contributed by atoms with E-state index < -0.39 is 59.3 Å². The van der Waals surface area contributed by atoms with Gasteiger partial charge in [0.25, 0.3) is 0 Å². The molecule has 0 fully saturated rings. The maximum Gasteiger partial charge on any atom is 0.407 e. The highest BCUT2D eigenvalue weighted by Gasteiger charge is 2.35. The van der Waals surface area contributed by atoms with Crippen LogP contribution in [0, 0.1) is 0 Å². The van der Waals surface area contributed by atoms with Gasteiger partial charge in [0.15, 0.2) is 6.10 Å². The maximum absolute atomic E-state index is 12.2. The van der Waals surface area contributed by atoms with Gasteiger partial charge in [0.05, 0.1) is 6.54 Å². The van der Waals surface area contributed by atoms with Crippen molar-refractivity contribution in [3.8, 4) is 0 Å². The maximum atomic E-state index is 12.2. The number of rotatable bonds is 31. The molecule has 22 heteroatoms. The van der Waals surface area contributed by atoms with Crippen LogP contribution in [-0.4, -0.2) is 147 Å². The Bertz CT molecular complexity index is 1380. The zero-order valence-corrected chi connectivity index (χ0v) is 41.8. The summed E-state index contributed by atoms with van der Waals surface area (Å²) in [6.07, 6.45) is 0.321. The second-order valence-electron chi connectivity index (χ2n) is 13.6. The summed E-state index contributed by atoms with van der Waals surface area (Å²) < 4.78 is 47.9. The van der Waals surface area contributed by atoms with E-state index in [1.54, 1.807) is 6.08 Å². The van der Waals surface area contributed by atoms with Gasteiger partial charge in [-0.2, -0.15) is 0 Å². The molecule has 0 unspecified atom stereocenters. The molecule has 0 radical (unpaired) electrons. The third-order valence-electron chi connectivity index (χ3n) is 7.88. The van der Waals surface area contributed by atoms with Crippen molar-refractivity contribution in [2.24, 2.45) is 4.99 Å². The number of hydrogen-bond acceptors (Lipinski definition) is 17. The first-order valence-corrected chi connectivity index (χ1v) is 25.2. The topological polar surface area (TPSA) is 293 Å². The third-order valence-corrected chi connectivity index (χ3v) is 15.5. The molecule has 6 N–H and O–H groups in total. The highest BCUT2D eigenvalue weighted by Crippen LogP contribution is 2.22. The minimum Gasteiger partial charge on any atom is -0.459 e. The summed E-state index contributed by atoms with van der Waals surface area (Å²) in [6, 6.07) is 3.40. The molecular formula is C42H78N2O18Si2. The largest absolute Gasteiger partial charge is 0.459 e. The molecule has 0 atom stereocenters. The van der Waals surface area contributed by atoms with E-state index in [-0.39, 0.29) is 59.7 Å². The second-order valence-corrected chi connectivity index (χ2v) is 20.8. The van der Waals surface area contributed by atoms with Crippen molar-refractivity contribution in [3.05, 3.63) is 48.6 Å². The SMILES string of the molecule is C=C(C)C(=O)OCC(COC(=O)C(=C)C)OC(=O)NCCC[Si](CC)(OCC)OCC.C=C(C)C(=O)OCC(O)COC(=O)C(=C)C.CCO[Si](CC)(CCCN=C=O)OCC.O.O. The lowest BCUT2D eigenvalue weighted by atomic mass is 10.3. The first kappa shape index (κ1) is 68.7. The van der Waals surface area contributed by atoms with Crippen molar-refractivity contribution in [1.82, 2.24) is 5.32 Å². The molecule has 0 saturated carbocycles. The predicted molar refractivity (Wildman–Crippen MR) is 245 cm³/mol. The van der Waals surface area contributed by atoms with Crippen LogP contribution in [0.3, 0.4) is 0 Å². The fourth-order valence-corrected chi connectivity index (χ4v) is 10.5. The molecule has 0 rings (SSSR count). The van der Waals surface area contributed by atoms with Gasteiger partial charge in [0.2, 0.25) is 6.08 Å². The van der Waals surface area contributed by atoms with Gasteiger partial charge >= 0.3 is 47.1 Å². The first-order chi connectivity index (χ1) is 29.2. The summed E-state index contributed by atoms with van der Waals surface area (Å²) >= 11 is 0. The van der Waals surface area contributed by atoms with E-state index in [1.807, 2.05) is 34.6 Å². The normalized spacial score (nSPS) is 10.4. The number of nitrogens with one attached hydrogen (secondary N) is 1. The fourth-order valence-electron chi connectivity index (χ4n) is 4.74. The molecule has 0 bridgehead atoms. The summed E-state index contributed by atoms with van der Waals surface area (Å²) in [7, 11) is -4.28. The van der Waals surface area contributed by atoms with Gasteiger partial charge in [-0.1, -0.05) is 40.2 Å². The molecule has 64 heavy (non-hydrogen) atoms. The number of esters is 4. The Morgan fingerprint density at radius 3 is 1.22 bits per heavy atom. The van der Waals surface area contributed by atoms with Gasteiger partial charge in [0.1, 0.15) is 32.5 Å². The number of amides is 1. The average Bonchev–Trinajstić information content (AvgIpc) is 3.23. The Labute approximate surface area is 381 Å². The van der Waals surface area contributed by atoms with Crippen molar-refractivity contribution in [2.75, 3.05) is 65.9 Å². The minimum atomic E-state index is -2.27. The van der Waals surface area contributed by atoms with Crippen LogP contribution in [-0.2, 0) is 65.4 Å². The van der Waals surface area contributed by atoms with E-state index in [1.165, 1.54) is 27.7 Å². The summed E-state index contributed by atoms with van der Waals surface area (Å²) in [5.41, 5.74) is 0.890. The van der Waals surface area contributed by atoms with E-state index >= 15 is 0 Å². The van der Waals surface area contributed by atoms with E-state index in [2.05, 4.69) is 53.0 Å². The lowest BCUT2D eigenvalue weighted by Crippen LogP contribution is -2.42. The quantitative estimate of drug-likeness (QED) is 0.0185. The summed E-state index contributed by atoms with van der Waals surface area (Å²) in [4.78, 5) is 70.7. The molecule has 0 aliphatic heterocycles. The first-order valence-electron chi connectivity index (χ1n) is 20.7. The average molecular weight is 955 g/mol. The van der Waals surface area contributed by atoms with Crippen LogP contribution in [0.2, 0.25) is 24.2 Å². The monoisotopic (exact) mass is 954 g/mol. The van der Waals surface area contributed by atoms with E-state index in [0.29, 0.717) is 45.9 Å². The molecule has 372 valence electrons. The number of carbonyl (C=O) groups excluding carboxylic acids is 6. The molecule has 0 aliphatic carbocycles. The Kier molecular flexibility index (Phi) is 44.4. The van der Waals surface area contributed by atoms with Crippen molar-refractivity contribution < 1.29 is 86.2 Å². The molecule has 0 aromatic heterocycles. The Balaban J connectivity index is -0.000000296. The molecule has 0 aliphatic rings. The van der Waals surface area contributed by atoms with Crippen molar-refractivity contribution in [2.45, 2.75) is 118 Å². The van der Waals surface area contributed by atoms with Crippen LogP contribution in [0.4, 0.5) is 4.79 Å². The van der Waals surface area contributed by atoms with Gasteiger partial charge in [-0.25, -0.2) is 33.8 Å². The number of isocyanates is 1. The van der Waals surface area contributed by atoms with Gasteiger partial charge in [-0.15, -0.1) is 0 Å². The second kappa shape index (κ2) is 41.4. The van der Waals surface area contributed by atoms with Crippen LogP contribution in [0.25, 0.3) is 0 Å². The third kappa shape index (κ3) is 35.0. The van der Waals surface area contributed by atoms with Crippen molar-refractivity contribution in [1.29, 1.82) is 0 Å².